The number of benzene rings is 6. The van der Waals surface area contributed by atoms with Crippen LogP contribution >= 0.6 is 22.6 Å². The number of nitrogens with one attached hydrogen (secondary N) is 4. The SMILES string of the molecule is C#Cc1cccc(C(=O)Nc2cc(CN3CCOCC3)cc(C(F)(F)F)c2)c1.Nc1n[nH]c2cccc(C#Cc3cccc(C(=O)Nc4cc(CN5CCOCC5)cc(C(F)(F)F)c4)c3)c12.Nc1n[nH]c2cccc(I)c12. The van der Waals surface area contributed by atoms with E-state index >= 15 is 0 Å². The summed E-state index contributed by atoms with van der Waals surface area (Å²) in [6, 6.07) is 31.6. The Morgan fingerprint density at radius 3 is 1.56 bits per heavy atom. The van der Waals surface area contributed by atoms with Crippen molar-refractivity contribution in [3.8, 4) is 24.2 Å². The van der Waals surface area contributed by atoms with Gasteiger partial charge in [0.05, 0.1) is 59.4 Å². The number of ether oxygens (including phenoxy) is 2. The number of morpholine rings is 2. The highest BCUT2D eigenvalue weighted by Gasteiger charge is 2.33. The van der Waals surface area contributed by atoms with E-state index in [2.05, 4.69) is 71.4 Å². The molecule has 2 aliphatic rings. The third kappa shape index (κ3) is 14.9. The summed E-state index contributed by atoms with van der Waals surface area (Å²) >= 11 is 2.24. The molecule has 2 saturated heterocycles. The number of hydrogen-bond acceptors (Lipinski definition) is 10. The maximum absolute atomic E-state index is 13.6. The largest absolute Gasteiger partial charge is 0.416 e. The van der Waals surface area contributed by atoms with Crippen LogP contribution in [0.15, 0.2) is 121 Å². The van der Waals surface area contributed by atoms with E-state index in [1.54, 1.807) is 54.6 Å². The number of aromatic amines is 2. The third-order valence-corrected chi connectivity index (χ3v) is 13.0. The molecule has 2 aliphatic heterocycles. The lowest BCUT2D eigenvalue weighted by molar-refractivity contribution is -0.138. The van der Waals surface area contributed by atoms with Gasteiger partial charge < -0.3 is 31.6 Å². The summed E-state index contributed by atoms with van der Waals surface area (Å²) in [4.78, 5) is 29.5. The van der Waals surface area contributed by atoms with Crippen molar-refractivity contribution in [3.63, 3.8) is 0 Å². The number of terminal acetylenes is 1. The second-order valence-electron chi connectivity index (χ2n) is 17.7. The van der Waals surface area contributed by atoms with Crippen LogP contribution in [0.1, 0.15) is 59.7 Å². The molecule has 0 saturated carbocycles. The number of nitrogen functional groups attached to an aromatic ring is 2. The van der Waals surface area contributed by atoms with Gasteiger partial charge in [-0.15, -0.1) is 6.42 Å². The highest BCUT2D eigenvalue weighted by molar-refractivity contribution is 14.1. The molecular weight excluding hydrogens is 1120 g/mol. The quantitative estimate of drug-likeness (QED) is 0.0485. The number of H-pyrrole nitrogens is 2. The Bertz CT molecular complexity index is 3510. The van der Waals surface area contributed by atoms with E-state index < -0.39 is 35.3 Å². The average Bonchev–Trinajstić information content (AvgIpc) is 4.00. The highest BCUT2D eigenvalue weighted by Crippen LogP contribution is 2.34. The van der Waals surface area contributed by atoms with Gasteiger partial charge in [-0.25, -0.2) is 0 Å². The van der Waals surface area contributed by atoms with Crippen LogP contribution in [-0.4, -0.2) is 94.6 Å². The molecule has 77 heavy (non-hydrogen) atoms. The summed E-state index contributed by atoms with van der Waals surface area (Å²) in [5.74, 6) is 8.36. The molecule has 396 valence electrons. The summed E-state index contributed by atoms with van der Waals surface area (Å²) in [5.41, 5.74) is 15.1. The second-order valence-corrected chi connectivity index (χ2v) is 18.8. The number of halogens is 7. The van der Waals surface area contributed by atoms with Gasteiger partial charge in [-0.05, 0) is 131 Å². The summed E-state index contributed by atoms with van der Waals surface area (Å²) in [7, 11) is 0. The van der Waals surface area contributed by atoms with E-state index in [1.165, 1.54) is 6.07 Å². The monoisotopic (exact) mass is 1170 g/mol. The van der Waals surface area contributed by atoms with Crippen LogP contribution in [-0.2, 0) is 34.9 Å². The van der Waals surface area contributed by atoms with Gasteiger partial charge >= 0.3 is 12.4 Å². The van der Waals surface area contributed by atoms with Gasteiger partial charge in [0.2, 0.25) is 0 Å². The molecule has 0 bridgehead atoms. The van der Waals surface area contributed by atoms with E-state index in [4.69, 9.17) is 27.4 Å². The lowest BCUT2D eigenvalue weighted by Gasteiger charge is -2.27. The number of alkyl halides is 6. The number of rotatable bonds is 8. The number of carbonyl (C=O) groups excluding carboxylic acids is 2. The predicted octanol–water partition coefficient (Wildman–Crippen LogP) is 10.2. The zero-order valence-electron chi connectivity index (χ0n) is 40.9. The summed E-state index contributed by atoms with van der Waals surface area (Å²) in [5, 5.41) is 20.5. The van der Waals surface area contributed by atoms with Crippen molar-refractivity contribution in [3.05, 3.63) is 175 Å². The van der Waals surface area contributed by atoms with Crippen molar-refractivity contribution in [1.82, 2.24) is 30.2 Å². The molecule has 6 aromatic carbocycles. The predicted molar refractivity (Wildman–Crippen MR) is 292 cm³/mol. The summed E-state index contributed by atoms with van der Waals surface area (Å²) < 4.78 is 92.4. The maximum Gasteiger partial charge on any atom is 0.416 e. The van der Waals surface area contributed by atoms with E-state index in [9.17, 15) is 35.9 Å². The second kappa shape index (κ2) is 24.8. The molecule has 2 amide bonds. The Labute approximate surface area is 452 Å². The van der Waals surface area contributed by atoms with Gasteiger partial charge in [0.25, 0.3) is 11.8 Å². The molecule has 21 heteroatoms. The van der Waals surface area contributed by atoms with Crippen LogP contribution in [0.5, 0.6) is 0 Å². The minimum Gasteiger partial charge on any atom is -0.382 e. The smallest absolute Gasteiger partial charge is 0.382 e. The fourth-order valence-electron chi connectivity index (χ4n) is 8.36. The van der Waals surface area contributed by atoms with E-state index in [-0.39, 0.29) is 22.5 Å². The zero-order chi connectivity index (χ0) is 54.7. The molecule has 2 fully saturated rings. The third-order valence-electron chi connectivity index (χ3n) is 12.1. The minimum atomic E-state index is -4.54. The molecule has 10 rings (SSSR count). The molecule has 0 radical (unpaired) electrons. The fraction of sp³-hybridized carbons (Fsp3) is 0.214. The minimum absolute atomic E-state index is 0.0756. The van der Waals surface area contributed by atoms with Gasteiger partial charge in [0, 0.05) is 82.0 Å². The van der Waals surface area contributed by atoms with Crippen molar-refractivity contribution in [2.24, 2.45) is 0 Å². The number of hydrogen-bond donors (Lipinski definition) is 6. The Hall–Kier alpha value is -7.93. The van der Waals surface area contributed by atoms with E-state index in [1.807, 2.05) is 46.2 Å². The van der Waals surface area contributed by atoms with Crippen LogP contribution in [0.4, 0.5) is 49.4 Å². The molecule has 8 aromatic rings. The Kier molecular flexibility index (Phi) is 17.8. The van der Waals surface area contributed by atoms with Gasteiger partial charge in [0.1, 0.15) is 0 Å². The highest BCUT2D eigenvalue weighted by atomic mass is 127. The Morgan fingerprint density at radius 1 is 0.610 bits per heavy atom. The number of amides is 2. The van der Waals surface area contributed by atoms with Crippen molar-refractivity contribution in [2.75, 3.05) is 74.7 Å². The molecular formula is C56H49F6IN10O4. The fourth-order valence-corrected chi connectivity index (χ4v) is 9.14. The number of nitrogens with zero attached hydrogens (tertiary/aromatic N) is 4. The van der Waals surface area contributed by atoms with Crippen LogP contribution in [0.2, 0.25) is 0 Å². The standard InChI is InChI=1S/C28H24F3N5O2.C21H19F3N2O2.C7H6IN3/c29-28(30,31)22-14-19(17-36-9-11-38-12-10-36)15-23(16-22)33-27(37)21-5-1-3-18(13-21)7-8-20-4-2-6-24-25(20)26(32)35-34-24;1-2-15-4-3-5-17(10-15)20(27)25-19-12-16(11-18(13-19)21(22,23)24)14-26-6-8-28-9-7-26;8-4-2-1-3-5-6(4)7(9)11-10-5/h1-6,13-16H,9-12,17H2,(H,33,37)(H3,32,34,35);1,3-5,10-13H,6-9,14H2,(H,25,27);1-3H,(H3,9,10,11). The lowest BCUT2D eigenvalue weighted by atomic mass is 10.1. The first-order valence-electron chi connectivity index (χ1n) is 23.8. The lowest BCUT2D eigenvalue weighted by Crippen LogP contribution is -2.35. The molecule has 4 heterocycles. The molecule has 0 spiro atoms. The van der Waals surface area contributed by atoms with Gasteiger partial charge in [-0.2, -0.15) is 36.5 Å². The summed E-state index contributed by atoms with van der Waals surface area (Å²) in [6.07, 6.45) is -3.73. The molecule has 8 N–H and O–H groups in total. The molecule has 14 nitrogen and oxygen atoms in total. The Balaban J connectivity index is 0.000000175. The van der Waals surface area contributed by atoms with Crippen LogP contribution < -0.4 is 22.1 Å². The van der Waals surface area contributed by atoms with Crippen molar-refractivity contribution < 1.29 is 45.4 Å². The van der Waals surface area contributed by atoms with Crippen LogP contribution in [0.3, 0.4) is 0 Å². The summed E-state index contributed by atoms with van der Waals surface area (Å²) in [6.45, 7) is 5.41. The number of carbonyl (C=O) groups is 2. The average molecular weight is 1170 g/mol. The first-order chi connectivity index (χ1) is 36.9. The zero-order valence-corrected chi connectivity index (χ0v) is 43.1. The van der Waals surface area contributed by atoms with Gasteiger partial charge in [-0.3, -0.25) is 29.6 Å². The molecule has 0 atom stereocenters. The normalized spacial score (nSPS) is 14.0. The van der Waals surface area contributed by atoms with Crippen molar-refractivity contribution >= 4 is 79.2 Å². The molecule has 0 unspecified atom stereocenters. The van der Waals surface area contributed by atoms with Crippen LogP contribution in [0.25, 0.3) is 21.8 Å². The first-order valence-corrected chi connectivity index (χ1v) is 24.9. The Morgan fingerprint density at radius 2 is 1.06 bits per heavy atom. The number of aromatic nitrogens is 4. The molecule has 2 aromatic heterocycles. The van der Waals surface area contributed by atoms with E-state index in [0.717, 1.165) is 44.3 Å². The number of nitrogens with two attached hydrogens (primary N) is 2. The molecule has 0 aliphatic carbocycles. The van der Waals surface area contributed by atoms with Crippen LogP contribution in [0, 0.1) is 27.8 Å². The topological polar surface area (TPSA) is 193 Å². The number of anilines is 4. The van der Waals surface area contributed by atoms with Gasteiger partial charge in [0.15, 0.2) is 11.6 Å². The van der Waals surface area contributed by atoms with Gasteiger partial charge in [-0.1, -0.05) is 42.0 Å². The van der Waals surface area contributed by atoms with E-state index in [0.29, 0.717) is 111 Å². The van der Waals surface area contributed by atoms with Crippen molar-refractivity contribution in [2.45, 2.75) is 25.4 Å². The van der Waals surface area contributed by atoms with Crippen molar-refractivity contribution in [1.29, 1.82) is 0 Å². The maximum atomic E-state index is 13.6. The first kappa shape index (κ1) is 55.3. The number of fused-ring (bicyclic) bond motifs is 2.